The van der Waals surface area contributed by atoms with Gasteiger partial charge in [0.1, 0.15) is 0 Å². The Balaban J connectivity index is 1.97. The second kappa shape index (κ2) is 5.82. The molecule has 1 aromatic carbocycles. The highest BCUT2D eigenvalue weighted by Crippen LogP contribution is 2.38. The number of aromatic nitrogens is 1. The van der Waals surface area contributed by atoms with E-state index >= 15 is 0 Å². The highest BCUT2D eigenvalue weighted by Gasteiger charge is 2.45. The summed E-state index contributed by atoms with van der Waals surface area (Å²) in [7, 11) is 0. The van der Waals surface area contributed by atoms with Gasteiger partial charge in [-0.05, 0) is 26.3 Å². The molecule has 1 aliphatic heterocycles. The highest BCUT2D eigenvalue weighted by atomic mass is 16.1. The van der Waals surface area contributed by atoms with Gasteiger partial charge in [-0.3, -0.25) is 4.79 Å². The monoisotopic (exact) mass is 308 g/mol. The lowest BCUT2D eigenvalue weighted by atomic mass is 9.78. The number of benzene rings is 1. The van der Waals surface area contributed by atoms with Gasteiger partial charge in [0.15, 0.2) is 5.78 Å². The van der Waals surface area contributed by atoms with Gasteiger partial charge in [0.2, 0.25) is 0 Å². The van der Waals surface area contributed by atoms with Gasteiger partial charge in [-0.2, -0.15) is 0 Å². The van der Waals surface area contributed by atoms with Gasteiger partial charge >= 0.3 is 0 Å². The lowest BCUT2D eigenvalue weighted by Crippen LogP contribution is -2.42. The Morgan fingerprint density at radius 3 is 2.78 bits per heavy atom. The van der Waals surface area contributed by atoms with Crippen molar-refractivity contribution in [3.63, 3.8) is 0 Å². The van der Waals surface area contributed by atoms with E-state index in [-0.39, 0.29) is 23.3 Å². The molecule has 2 heterocycles. The van der Waals surface area contributed by atoms with E-state index in [0.717, 1.165) is 22.9 Å². The van der Waals surface area contributed by atoms with Gasteiger partial charge in [-0.25, -0.2) is 0 Å². The summed E-state index contributed by atoms with van der Waals surface area (Å²) in [5, 5.41) is 4.49. The molecule has 0 radical (unpaired) electrons. The number of carbonyl (C=O) groups is 1. The molecule has 1 saturated heterocycles. The Morgan fingerprint density at radius 1 is 1.35 bits per heavy atom. The molecule has 0 unspecified atom stereocenters. The van der Waals surface area contributed by atoms with Crippen LogP contribution in [0.15, 0.2) is 54.8 Å². The van der Waals surface area contributed by atoms with Crippen molar-refractivity contribution in [1.82, 2.24) is 10.3 Å². The van der Waals surface area contributed by atoms with Gasteiger partial charge in [0.25, 0.3) is 0 Å². The number of hydrogen-bond donors (Lipinski definition) is 2. The van der Waals surface area contributed by atoms with Crippen LogP contribution in [0.2, 0.25) is 0 Å². The average Bonchev–Trinajstić information content (AvgIpc) is 3.08. The van der Waals surface area contributed by atoms with E-state index in [2.05, 4.69) is 43.7 Å². The number of fused-ring (bicyclic) bond motifs is 1. The SMILES string of the molecule is C=C[C@]1(C)C[C@H](C=C(C)C)N[C@@H]1C(=O)c1c[nH]c2ccccc12. The fourth-order valence-corrected chi connectivity index (χ4v) is 3.57. The minimum absolute atomic E-state index is 0.134. The van der Waals surface area contributed by atoms with Crippen molar-refractivity contribution < 1.29 is 4.79 Å². The number of allylic oxidation sites excluding steroid dienone is 1. The first-order valence-electron chi connectivity index (χ1n) is 8.09. The quantitative estimate of drug-likeness (QED) is 0.655. The van der Waals surface area contributed by atoms with E-state index in [1.54, 1.807) is 0 Å². The number of nitrogens with one attached hydrogen (secondary N) is 2. The van der Waals surface area contributed by atoms with Crippen molar-refractivity contribution in [3.05, 3.63) is 60.3 Å². The van der Waals surface area contributed by atoms with Gasteiger partial charge in [0, 0.05) is 34.1 Å². The summed E-state index contributed by atoms with van der Waals surface area (Å²) in [6, 6.07) is 7.88. The fraction of sp³-hybridized carbons (Fsp3) is 0.350. The summed E-state index contributed by atoms with van der Waals surface area (Å²) in [5.41, 5.74) is 2.76. The minimum atomic E-state index is -0.250. The Labute approximate surface area is 137 Å². The molecule has 0 bridgehead atoms. The summed E-state index contributed by atoms with van der Waals surface area (Å²) >= 11 is 0. The number of Topliss-reactive ketones (excluding diaryl/α,β-unsaturated/α-hetero) is 1. The molecule has 3 nitrogen and oxygen atoms in total. The zero-order valence-electron chi connectivity index (χ0n) is 14.0. The van der Waals surface area contributed by atoms with E-state index in [1.165, 1.54) is 5.57 Å². The standard InChI is InChI=1S/C20H24N2O/c1-5-20(4)11-14(10-13(2)3)22-19(20)18(23)16-12-21-17-9-7-6-8-15(16)17/h5-10,12,14,19,21-22H,1,11H2,2-4H3/t14-,19+,20+/m0/s1. The van der Waals surface area contributed by atoms with Gasteiger partial charge < -0.3 is 10.3 Å². The number of H-pyrrole nitrogens is 1. The third-order valence-electron chi connectivity index (χ3n) is 4.82. The van der Waals surface area contributed by atoms with Crippen LogP contribution in [0.4, 0.5) is 0 Å². The zero-order valence-corrected chi connectivity index (χ0v) is 14.0. The first kappa shape index (κ1) is 15.8. The van der Waals surface area contributed by atoms with Crippen molar-refractivity contribution in [1.29, 1.82) is 0 Å². The minimum Gasteiger partial charge on any atom is -0.360 e. The number of para-hydroxylation sites is 1. The van der Waals surface area contributed by atoms with Crippen molar-refractivity contribution in [2.75, 3.05) is 0 Å². The van der Waals surface area contributed by atoms with Gasteiger partial charge in [-0.1, -0.05) is 42.8 Å². The van der Waals surface area contributed by atoms with Crippen LogP contribution in [0.1, 0.15) is 37.6 Å². The smallest absolute Gasteiger partial charge is 0.182 e. The normalized spacial score (nSPS) is 27.1. The summed E-state index contributed by atoms with van der Waals surface area (Å²) in [5.74, 6) is 0.134. The summed E-state index contributed by atoms with van der Waals surface area (Å²) in [6.07, 6.45) is 6.84. The van der Waals surface area contributed by atoms with Crippen LogP contribution in [0.3, 0.4) is 0 Å². The molecule has 3 rings (SSSR count). The van der Waals surface area contributed by atoms with Crippen LogP contribution in [0.25, 0.3) is 10.9 Å². The van der Waals surface area contributed by atoms with Crippen molar-refractivity contribution >= 4 is 16.7 Å². The third-order valence-corrected chi connectivity index (χ3v) is 4.82. The maximum Gasteiger partial charge on any atom is 0.182 e. The number of hydrogen-bond acceptors (Lipinski definition) is 2. The van der Waals surface area contributed by atoms with E-state index < -0.39 is 0 Å². The third kappa shape index (κ3) is 2.77. The van der Waals surface area contributed by atoms with Crippen LogP contribution in [-0.2, 0) is 0 Å². The first-order valence-corrected chi connectivity index (χ1v) is 8.09. The molecule has 3 heteroatoms. The molecule has 2 aromatic rings. The largest absolute Gasteiger partial charge is 0.360 e. The van der Waals surface area contributed by atoms with Crippen LogP contribution >= 0.6 is 0 Å². The first-order chi connectivity index (χ1) is 10.9. The number of aromatic amines is 1. The van der Waals surface area contributed by atoms with Crippen molar-refractivity contribution in [2.45, 2.75) is 39.3 Å². The van der Waals surface area contributed by atoms with Crippen LogP contribution in [0, 0.1) is 5.41 Å². The van der Waals surface area contributed by atoms with Crippen molar-refractivity contribution in [2.24, 2.45) is 5.41 Å². The van der Waals surface area contributed by atoms with Crippen LogP contribution in [-0.4, -0.2) is 22.9 Å². The van der Waals surface area contributed by atoms with E-state index in [0.29, 0.717) is 0 Å². The highest BCUT2D eigenvalue weighted by molar-refractivity contribution is 6.10. The molecule has 2 N–H and O–H groups in total. The second-order valence-corrected chi connectivity index (χ2v) is 6.98. The van der Waals surface area contributed by atoms with Crippen LogP contribution < -0.4 is 5.32 Å². The number of ketones is 1. The Morgan fingerprint density at radius 2 is 2.09 bits per heavy atom. The number of rotatable bonds is 4. The molecular formula is C20H24N2O. The molecule has 0 saturated carbocycles. The predicted molar refractivity (Wildman–Crippen MR) is 95.7 cm³/mol. The van der Waals surface area contributed by atoms with E-state index in [4.69, 9.17) is 0 Å². The lowest BCUT2D eigenvalue weighted by molar-refractivity contribution is 0.0911. The van der Waals surface area contributed by atoms with E-state index in [1.807, 2.05) is 36.5 Å². The molecule has 1 aromatic heterocycles. The Bertz CT molecular complexity index is 782. The topological polar surface area (TPSA) is 44.9 Å². The summed E-state index contributed by atoms with van der Waals surface area (Å²) < 4.78 is 0. The summed E-state index contributed by atoms with van der Waals surface area (Å²) in [4.78, 5) is 16.4. The van der Waals surface area contributed by atoms with Crippen molar-refractivity contribution in [3.8, 4) is 0 Å². The maximum absolute atomic E-state index is 13.2. The molecule has 3 atom stereocenters. The molecule has 0 spiro atoms. The molecule has 0 aliphatic carbocycles. The zero-order chi connectivity index (χ0) is 16.6. The predicted octanol–water partition coefficient (Wildman–Crippen LogP) is 4.24. The second-order valence-electron chi connectivity index (χ2n) is 6.98. The summed E-state index contributed by atoms with van der Waals surface area (Å²) in [6.45, 7) is 10.3. The van der Waals surface area contributed by atoms with Gasteiger partial charge in [0.05, 0.1) is 6.04 Å². The van der Waals surface area contributed by atoms with Gasteiger partial charge in [-0.15, -0.1) is 6.58 Å². The molecule has 0 amide bonds. The molecule has 23 heavy (non-hydrogen) atoms. The Kier molecular flexibility index (Phi) is 3.99. The maximum atomic E-state index is 13.2. The molecular weight excluding hydrogens is 284 g/mol. The van der Waals surface area contributed by atoms with E-state index in [9.17, 15) is 4.79 Å². The Hall–Kier alpha value is -2.13. The molecule has 1 aliphatic rings. The fourth-order valence-electron chi connectivity index (χ4n) is 3.57. The number of carbonyl (C=O) groups excluding carboxylic acids is 1. The molecule has 1 fully saturated rings. The lowest BCUT2D eigenvalue weighted by Gasteiger charge is -2.26. The molecule has 120 valence electrons. The van der Waals surface area contributed by atoms with Crippen LogP contribution in [0.5, 0.6) is 0 Å². The average molecular weight is 308 g/mol.